The van der Waals surface area contributed by atoms with Gasteiger partial charge >= 0.3 is 0 Å². The molecule has 1 fully saturated rings. The van der Waals surface area contributed by atoms with Crippen LogP contribution < -0.4 is 5.32 Å². The molecule has 1 aromatic heterocycles. The number of imide groups is 1. The molecule has 0 atom stereocenters. The average Bonchev–Trinajstić information content (AvgIpc) is 3.30. The van der Waals surface area contributed by atoms with Gasteiger partial charge in [0.1, 0.15) is 11.3 Å². The Labute approximate surface area is 181 Å². The fourth-order valence-corrected chi connectivity index (χ4v) is 4.00. The van der Waals surface area contributed by atoms with E-state index in [4.69, 9.17) is 0 Å². The molecule has 8 nitrogen and oxygen atoms in total. The Morgan fingerprint density at radius 3 is 2.71 bits per heavy atom. The molecule has 1 aliphatic heterocycles. The summed E-state index contributed by atoms with van der Waals surface area (Å²) in [6.07, 6.45) is 1.54. The number of hydrogen-bond acceptors (Lipinski definition) is 6. The number of rotatable bonds is 6. The van der Waals surface area contributed by atoms with E-state index >= 15 is 0 Å². The second-order valence-corrected chi connectivity index (χ2v) is 7.74. The second kappa shape index (κ2) is 8.68. The first-order chi connectivity index (χ1) is 15.0. The van der Waals surface area contributed by atoms with Crippen LogP contribution in [0.25, 0.3) is 17.1 Å². The van der Waals surface area contributed by atoms with Gasteiger partial charge in [0.25, 0.3) is 17.1 Å². The molecular weight excluding hydrogens is 421 g/mol. The molecule has 1 saturated heterocycles. The largest absolute Gasteiger partial charge is 0.350 e. The summed E-state index contributed by atoms with van der Waals surface area (Å²) in [5, 5.41) is 10.4. The molecule has 4 rings (SSSR count). The number of hydrogen-bond donors (Lipinski definition) is 1. The van der Waals surface area contributed by atoms with Crippen molar-refractivity contribution in [3.05, 3.63) is 64.3 Å². The highest BCUT2D eigenvalue weighted by atomic mass is 32.2. The van der Waals surface area contributed by atoms with Crippen molar-refractivity contribution in [2.75, 3.05) is 13.1 Å². The van der Waals surface area contributed by atoms with Crippen molar-refractivity contribution in [3.63, 3.8) is 0 Å². The highest BCUT2D eigenvalue weighted by Crippen LogP contribution is 2.31. The average molecular weight is 439 g/mol. The Morgan fingerprint density at radius 1 is 1.19 bits per heavy atom. The molecule has 1 aliphatic rings. The molecule has 0 unspecified atom stereocenters. The maximum atomic E-state index is 13.0. The molecule has 3 aromatic rings. The SMILES string of the molecule is CCn1nnc2cc(C(=O)NCCN3C(=O)SC(=Cc4ccc(F)cc4)C3=O)ccc21. The maximum Gasteiger partial charge on any atom is 0.293 e. The van der Waals surface area contributed by atoms with Gasteiger partial charge in [0, 0.05) is 25.2 Å². The molecule has 1 N–H and O–H groups in total. The van der Waals surface area contributed by atoms with Crippen molar-refractivity contribution < 1.29 is 18.8 Å². The monoisotopic (exact) mass is 439 g/mol. The number of fused-ring (bicyclic) bond motifs is 1. The van der Waals surface area contributed by atoms with Gasteiger partial charge in [0.05, 0.1) is 10.4 Å². The van der Waals surface area contributed by atoms with E-state index in [9.17, 15) is 18.8 Å². The third-order valence-corrected chi connectivity index (χ3v) is 5.65. The van der Waals surface area contributed by atoms with Crippen LogP contribution >= 0.6 is 11.8 Å². The van der Waals surface area contributed by atoms with Crippen LogP contribution in [0.2, 0.25) is 0 Å². The normalized spacial score (nSPS) is 15.3. The van der Waals surface area contributed by atoms with E-state index in [0.29, 0.717) is 23.2 Å². The van der Waals surface area contributed by atoms with Crippen molar-refractivity contribution in [3.8, 4) is 0 Å². The number of benzene rings is 2. The summed E-state index contributed by atoms with van der Waals surface area (Å²) in [6.45, 7) is 2.79. The van der Waals surface area contributed by atoms with Gasteiger partial charge in [-0.2, -0.15) is 0 Å². The van der Waals surface area contributed by atoms with Gasteiger partial charge in [-0.25, -0.2) is 9.07 Å². The molecule has 0 aliphatic carbocycles. The van der Waals surface area contributed by atoms with E-state index in [2.05, 4.69) is 15.6 Å². The van der Waals surface area contributed by atoms with Crippen LogP contribution in [0.3, 0.4) is 0 Å². The molecule has 0 radical (unpaired) electrons. The first kappa shape index (κ1) is 20.7. The molecule has 2 heterocycles. The smallest absolute Gasteiger partial charge is 0.293 e. The van der Waals surface area contributed by atoms with Crippen LogP contribution in [0.4, 0.5) is 9.18 Å². The van der Waals surface area contributed by atoms with Crippen LogP contribution in [-0.2, 0) is 11.3 Å². The first-order valence-corrected chi connectivity index (χ1v) is 10.4. The fraction of sp³-hybridized carbons (Fsp3) is 0.190. The minimum atomic E-state index is -0.439. The number of aryl methyl sites for hydroxylation is 1. The van der Waals surface area contributed by atoms with Gasteiger partial charge < -0.3 is 5.32 Å². The third kappa shape index (κ3) is 4.33. The standard InChI is InChI=1S/C21H18FN5O3S/c1-2-27-17-8-5-14(12-16(17)24-25-27)19(28)23-9-10-26-20(29)18(31-21(26)30)11-13-3-6-15(22)7-4-13/h3-8,11-12H,2,9-10H2,1H3,(H,23,28). The Balaban J connectivity index is 1.36. The van der Waals surface area contributed by atoms with E-state index in [1.54, 1.807) is 29.0 Å². The van der Waals surface area contributed by atoms with Gasteiger partial charge in [0.15, 0.2) is 0 Å². The van der Waals surface area contributed by atoms with E-state index < -0.39 is 11.1 Å². The van der Waals surface area contributed by atoms with Gasteiger partial charge in [0.2, 0.25) is 0 Å². The van der Waals surface area contributed by atoms with Crippen LogP contribution in [0.1, 0.15) is 22.8 Å². The molecular formula is C21H18FN5O3S. The van der Waals surface area contributed by atoms with Gasteiger partial charge in [-0.1, -0.05) is 17.3 Å². The van der Waals surface area contributed by atoms with Gasteiger partial charge in [-0.3, -0.25) is 19.3 Å². The number of nitrogens with zero attached hydrogens (tertiary/aromatic N) is 4. The Hall–Kier alpha value is -3.53. The third-order valence-electron chi connectivity index (χ3n) is 4.74. The molecule has 158 valence electrons. The van der Waals surface area contributed by atoms with Crippen molar-refractivity contribution in [2.45, 2.75) is 13.5 Å². The topological polar surface area (TPSA) is 97.2 Å². The number of thioether (sulfide) groups is 1. The number of amides is 3. The van der Waals surface area contributed by atoms with Crippen molar-refractivity contribution >= 4 is 45.9 Å². The molecule has 0 saturated carbocycles. The highest BCUT2D eigenvalue weighted by Gasteiger charge is 2.34. The van der Waals surface area contributed by atoms with Crippen molar-refractivity contribution in [1.82, 2.24) is 25.2 Å². The fourth-order valence-electron chi connectivity index (χ4n) is 3.13. The Kier molecular flexibility index (Phi) is 5.81. The molecule has 3 amide bonds. The summed E-state index contributed by atoms with van der Waals surface area (Å²) < 4.78 is 14.8. The Morgan fingerprint density at radius 2 is 1.97 bits per heavy atom. The van der Waals surface area contributed by atoms with E-state index in [-0.39, 0.29) is 29.7 Å². The lowest BCUT2D eigenvalue weighted by Gasteiger charge is -2.13. The summed E-state index contributed by atoms with van der Waals surface area (Å²) in [6, 6.07) is 10.7. The molecule has 10 heteroatoms. The molecule has 2 aromatic carbocycles. The van der Waals surface area contributed by atoms with Crippen molar-refractivity contribution in [1.29, 1.82) is 0 Å². The number of halogens is 1. The zero-order valence-corrected chi connectivity index (χ0v) is 17.4. The minimum Gasteiger partial charge on any atom is -0.350 e. The summed E-state index contributed by atoms with van der Waals surface area (Å²) in [5.74, 6) is -1.15. The van der Waals surface area contributed by atoms with Crippen molar-refractivity contribution in [2.24, 2.45) is 0 Å². The minimum absolute atomic E-state index is 0.0470. The lowest BCUT2D eigenvalue weighted by atomic mass is 10.2. The van der Waals surface area contributed by atoms with Crippen LogP contribution in [0.5, 0.6) is 0 Å². The summed E-state index contributed by atoms with van der Waals surface area (Å²) in [7, 11) is 0. The number of carbonyl (C=O) groups excluding carboxylic acids is 3. The van der Waals surface area contributed by atoms with E-state index in [1.165, 1.54) is 24.3 Å². The molecule has 31 heavy (non-hydrogen) atoms. The number of carbonyl (C=O) groups is 3. The Bertz CT molecular complexity index is 1210. The van der Waals surface area contributed by atoms with Gasteiger partial charge in [-0.15, -0.1) is 5.10 Å². The van der Waals surface area contributed by atoms with Crippen LogP contribution in [0.15, 0.2) is 47.4 Å². The second-order valence-electron chi connectivity index (χ2n) is 6.75. The van der Waals surface area contributed by atoms with Crippen LogP contribution in [-0.4, -0.2) is 50.0 Å². The zero-order valence-electron chi connectivity index (χ0n) is 16.5. The summed E-state index contributed by atoms with van der Waals surface area (Å²) >= 11 is 0.816. The quantitative estimate of drug-likeness (QED) is 0.593. The molecule has 0 bridgehead atoms. The predicted octanol–water partition coefficient (Wildman–Crippen LogP) is 3.06. The highest BCUT2D eigenvalue weighted by molar-refractivity contribution is 8.18. The lowest BCUT2D eigenvalue weighted by molar-refractivity contribution is -0.122. The van der Waals surface area contributed by atoms with E-state index in [1.807, 2.05) is 6.92 Å². The number of nitrogens with one attached hydrogen (secondary N) is 1. The number of aromatic nitrogens is 3. The van der Waals surface area contributed by atoms with Gasteiger partial charge in [-0.05, 0) is 60.7 Å². The lowest BCUT2D eigenvalue weighted by Crippen LogP contribution is -2.37. The molecule has 0 spiro atoms. The van der Waals surface area contributed by atoms with Crippen LogP contribution in [0, 0.1) is 5.82 Å². The maximum absolute atomic E-state index is 13.0. The zero-order chi connectivity index (χ0) is 22.0. The summed E-state index contributed by atoms with van der Waals surface area (Å²) in [4.78, 5) is 38.5. The van der Waals surface area contributed by atoms with E-state index in [0.717, 1.165) is 22.2 Å². The summed E-state index contributed by atoms with van der Waals surface area (Å²) in [5.41, 5.74) is 2.49. The first-order valence-electron chi connectivity index (χ1n) is 9.58. The predicted molar refractivity (Wildman–Crippen MR) is 115 cm³/mol.